The highest BCUT2D eigenvalue weighted by molar-refractivity contribution is 5.99. The Bertz CT molecular complexity index is 982. The standard InChI is InChI=1S/C22H25N3O2/c1-22(2,3)27-21(26)25-19-14-17(24(4)16-10-11-16)12-13-18(19)20(23-25)15-8-6-5-7-9-15/h5-9,12-14,16H,10-11H2,1-4H3. The topological polar surface area (TPSA) is 47.4 Å². The lowest BCUT2D eigenvalue weighted by Gasteiger charge is -2.20. The smallest absolute Gasteiger partial charge is 0.435 e. The molecule has 0 unspecified atom stereocenters. The molecule has 0 amide bonds. The third-order valence-corrected chi connectivity index (χ3v) is 4.78. The fourth-order valence-corrected chi connectivity index (χ4v) is 3.25. The van der Waals surface area contributed by atoms with Crippen molar-refractivity contribution in [3.05, 3.63) is 48.5 Å². The zero-order valence-corrected chi connectivity index (χ0v) is 16.3. The predicted molar refractivity (Wildman–Crippen MR) is 108 cm³/mol. The number of carbonyl (C=O) groups is 1. The van der Waals surface area contributed by atoms with Crippen LogP contribution in [0.4, 0.5) is 10.5 Å². The molecule has 0 spiro atoms. The van der Waals surface area contributed by atoms with E-state index < -0.39 is 11.7 Å². The first kappa shape index (κ1) is 17.6. The van der Waals surface area contributed by atoms with E-state index in [1.54, 1.807) is 0 Å². The van der Waals surface area contributed by atoms with Gasteiger partial charge in [-0.2, -0.15) is 9.78 Å². The van der Waals surface area contributed by atoms with Gasteiger partial charge < -0.3 is 9.64 Å². The molecule has 3 aromatic rings. The molecule has 0 saturated heterocycles. The van der Waals surface area contributed by atoms with Crippen LogP contribution in [0.2, 0.25) is 0 Å². The minimum atomic E-state index is -0.579. The summed E-state index contributed by atoms with van der Waals surface area (Å²) < 4.78 is 6.99. The average molecular weight is 363 g/mol. The van der Waals surface area contributed by atoms with Crippen LogP contribution >= 0.6 is 0 Å². The van der Waals surface area contributed by atoms with E-state index in [4.69, 9.17) is 4.74 Å². The van der Waals surface area contributed by atoms with Crippen molar-refractivity contribution in [1.29, 1.82) is 0 Å². The highest BCUT2D eigenvalue weighted by Gasteiger charge is 2.28. The van der Waals surface area contributed by atoms with Gasteiger partial charge in [0.2, 0.25) is 0 Å². The molecule has 140 valence electrons. The van der Waals surface area contributed by atoms with Crippen LogP contribution in [0.1, 0.15) is 33.6 Å². The number of aromatic nitrogens is 2. The molecule has 27 heavy (non-hydrogen) atoms. The van der Waals surface area contributed by atoms with Gasteiger partial charge in [-0.25, -0.2) is 4.79 Å². The lowest BCUT2D eigenvalue weighted by atomic mass is 10.1. The molecule has 5 heteroatoms. The molecule has 5 nitrogen and oxygen atoms in total. The monoisotopic (exact) mass is 363 g/mol. The van der Waals surface area contributed by atoms with Gasteiger partial charge in [0.05, 0.1) is 5.52 Å². The summed E-state index contributed by atoms with van der Waals surface area (Å²) in [5, 5.41) is 5.57. The van der Waals surface area contributed by atoms with E-state index in [1.807, 2.05) is 57.2 Å². The fourth-order valence-electron chi connectivity index (χ4n) is 3.25. The first-order chi connectivity index (χ1) is 12.8. The van der Waals surface area contributed by atoms with Crippen molar-refractivity contribution >= 4 is 22.7 Å². The second-order valence-electron chi connectivity index (χ2n) is 8.15. The lowest BCUT2D eigenvalue weighted by Crippen LogP contribution is -2.27. The summed E-state index contributed by atoms with van der Waals surface area (Å²) in [7, 11) is 2.10. The number of ether oxygens (including phenoxy) is 1. The first-order valence-corrected chi connectivity index (χ1v) is 9.38. The Labute approximate surface area is 159 Å². The van der Waals surface area contributed by atoms with Crippen LogP contribution in [0.3, 0.4) is 0 Å². The van der Waals surface area contributed by atoms with E-state index in [0.717, 1.165) is 27.8 Å². The Morgan fingerprint density at radius 3 is 2.48 bits per heavy atom. The van der Waals surface area contributed by atoms with Gasteiger partial charge in [-0.3, -0.25) is 0 Å². The summed E-state index contributed by atoms with van der Waals surface area (Å²) in [4.78, 5) is 15.1. The third kappa shape index (κ3) is 3.54. The highest BCUT2D eigenvalue weighted by atomic mass is 16.6. The SMILES string of the molecule is CN(c1ccc2c(-c3ccccc3)nn(C(=O)OC(C)(C)C)c2c1)C1CC1. The Balaban J connectivity index is 1.86. The molecule has 2 aromatic carbocycles. The number of fused-ring (bicyclic) bond motifs is 1. The number of carbonyl (C=O) groups excluding carboxylic acids is 1. The van der Waals surface area contributed by atoms with Gasteiger partial charge in [-0.05, 0) is 51.8 Å². The van der Waals surface area contributed by atoms with E-state index >= 15 is 0 Å². The van der Waals surface area contributed by atoms with E-state index in [1.165, 1.54) is 17.5 Å². The van der Waals surface area contributed by atoms with E-state index in [9.17, 15) is 4.79 Å². The summed E-state index contributed by atoms with van der Waals surface area (Å²) in [6.07, 6.45) is 1.98. The molecule has 1 fully saturated rings. The molecular weight excluding hydrogens is 338 g/mol. The van der Waals surface area contributed by atoms with Crippen molar-refractivity contribution in [2.75, 3.05) is 11.9 Å². The zero-order valence-electron chi connectivity index (χ0n) is 16.3. The van der Waals surface area contributed by atoms with Crippen LogP contribution in [0.5, 0.6) is 0 Å². The van der Waals surface area contributed by atoms with Crippen molar-refractivity contribution in [3.63, 3.8) is 0 Å². The average Bonchev–Trinajstić information content (AvgIpc) is 3.40. The van der Waals surface area contributed by atoms with Crippen LogP contribution in [-0.2, 0) is 4.74 Å². The number of rotatable bonds is 3. The molecule has 1 aliphatic rings. The van der Waals surface area contributed by atoms with Gasteiger partial charge in [0, 0.05) is 29.7 Å². The molecule has 0 N–H and O–H groups in total. The van der Waals surface area contributed by atoms with E-state index in [2.05, 4.69) is 29.2 Å². The maximum absolute atomic E-state index is 12.8. The van der Waals surface area contributed by atoms with Crippen molar-refractivity contribution in [2.45, 2.75) is 45.3 Å². The Morgan fingerprint density at radius 2 is 1.85 bits per heavy atom. The summed E-state index contributed by atoms with van der Waals surface area (Å²) in [6, 6.07) is 16.7. The van der Waals surface area contributed by atoms with Crippen LogP contribution in [0, 0.1) is 0 Å². The second-order valence-corrected chi connectivity index (χ2v) is 8.15. The van der Waals surface area contributed by atoms with Crippen molar-refractivity contribution in [1.82, 2.24) is 9.78 Å². The molecule has 4 rings (SSSR count). The molecule has 0 atom stereocenters. The normalized spacial score (nSPS) is 14.4. The third-order valence-electron chi connectivity index (χ3n) is 4.78. The van der Waals surface area contributed by atoms with Crippen LogP contribution in [0.15, 0.2) is 48.5 Å². The van der Waals surface area contributed by atoms with Crippen molar-refractivity contribution < 1.29 is 9.53 Å². The number of nitrogens with zero attached hydrogens (tertiary/aromatic N) is 3. The largest absolute Gasteiger partial charge is 0.442 e. The van der Waals surface area contributed by atoms with Crippen molar-refractivity contribution in [3.8, 4) is 11.3 Å². The minimum Gasteiger partial charge on any atom is -0.442 e. The zero-order chi connectivity index (χ0) is 19.2. The maximum atomic E-state index is 12.8. The summed E-state index contributed by atoms with van der Waals surface area (Å²) in [5.41, 5.74) is 3.05. The number of benzene rings is 2. The Hall–Kier alpha value is -2.82. The molecule has 1 saturated carbocycles. The molecule has 0 bridgehead atoms. The van der Waals surface area contributed by atoms with Crippen molar-refractivity contribution in [2.24, 2.45) is 0 Å². The lowest BCUT2D eigenvalue weighted by molar-refractivity contribution is 0.0523. The van der Waals surface area contributed by atoms with Crippen LogP contribution in [-0.4, -0.2) is 34.6 Å². The molecule has 0 radical (unpaired) electrons. The maximum Gasteiger partial charge on any atom is 0.435 e. The summed E-state index contributed by atoms with van der Waals surface area (Å²) >= 11 is 0. The summed E-state index contributed by atoms with van der Waals surface area (Å²) in [5.74, 6) is 0. The number of anilines is 1. The van der Waals surface area contributed by atoms with Gasteiger partial charge in [0.1, 0.15) is 11.3 Å². The quantitative estimate of drug-likeness (QED) is 0.651. The Morgan fingerprint density at radius 1 is 1.15 bits per heavy atom. The molecule has 1 heterocycles. The second kappa shape index (κ2) is 6.41. The first-order valence-electron chi connectivity index (χ1n) is 9.38. The number of hydrogen-bond acceptors (Lipinski definition) is 4. The predicted octanol–water partition coefficient (Wildman–Crippen LogP) is 5.09. The van der Waals surface area contributed by atoms with E-state index in [-0.39, 0.29) is 0 Å². The van der Waals surface area contributed by atoms with E-state index in [0.29, 0.717) is 6.04 Å². The van der Waals surface area contributed by atoms with Gasteiger partial charge in [0.25, 0.3) is 0 Å². The highest BCUT2D eigenvalue weighted by Crippen LogP contribution is 2.34. The molecule has 1 aliphatic carbocycles. The van der Waals surface area contributed by atoms with Gasteiger partial charge >= 0.3 is 6.09 Å². The fraction of sp³-hybridized carbons (Fsp3) is 0.364. The number of hydrogen-bond donors (Lipinski definition) is 0. The molecule has 1 aromatic heterocycles. The van der Waals surface area contributed by atoms with Gasteiger partial charge in [-0.1, -0.05) is 30.3 Å². The molecular formula is C22H25N3O2. The van der Waals surface area contributed by atoms with Crippen LogP contribution in [0.25, 0.3) is 22.2 Å². The minimum absolute atomic E-state index is 0.457. The van der Waals surface area contributed by atoms with Gasteiger partial charge in [-0.15, -0.1) is 0 Å². The molecule has 0 aliphatic heterocycles. The Kier molecular flexibility index (Phi) is 4.17. The van der Waals surface area contributed by atoms with Crippen LogP contribution < -0.4 is 4.90 Å². The summed E-state index contributed by atoms with van der Waals surface area (Å²) in [6.45, 7) is 5.59. The van der Waals surface area contributed by atoms with Gasteiger partial charge in [0.15, 0.2) is 0 Å².